The van der Waals surface area contributed by atoms with Crippen LogP contribution >= 0.6 is 31.9 Å². The molecule has 0 heterocycles. The summed E-state index contributed by atoms with van der Waals surface area (Å²) in [7, 11) is -2.21. The highest BCUT2D eigenvalue weighted by atomic mass is 79.9. The molecule has 8 heteroatoms. The molecule has 2 aromatic rings. The number of ether oxygens (including phenoxy) is 1. The first-order valence-electron chi connectivity index (χ1n) is 5.75. The largest absolute Gasteiger partial charge is 0.496 e. The van der Waals surface area contributed by atoms with E-state index in [1.165, 1.54) is 13.2 Å². The predicted octanol–water partition coefficient (Wildman–Crippen LogP) is 3.60. The van der Waals surface area contributed by atoms with Crippen LogP contribution in [0.4, 0.5) is 11.4 Å². The number of sulfonamides is 1. The molecule has 0 amide bonds. The topological polar surface area (TPSA) is 81.4 Å². The molecule has 0 aromatic heterocycles. The third kappa shape index (κ3) is 3.69. The molecule has 112 valence electrons. The maximum absolute atomic E-state index is 12.4. The van der Waals surface area contributed by atoms with Crippen molar-refractivity contribution in [2.75, 3.05) is 17.6 Å². The molecule has 21 heavy (non-hydrogen) atoms. The van der Waals surface area contributed by atoms with E-state index in [4.69, 9.17) is 10.5 Å². The number of methoxy groups -OCH3 is 1. The van der Waals surface area contributed by atoms with E-state index < -0.39 is 10.0 Å². The average Bonchev–Trinajstić information content (AvgIpc) is 2.41. The van der Waals surface area contributed by atoms with Crippen LogP contribution < -0.4 is 15.2 Å². The minimum atomic E-state index is -3.74. The van der Waals surface area contributed by atoms with Crippen LogP contribution in [0, 0.1) is 0 Å². The first-order chi connectivity index (χ1) is 9.83. The van der Waals surface area contributed by atoms with E-state index in [1.54, 1.807) is 30.3 Å². The van der Waals surface area contributed by atoms with Crippen LogP contribution in [0.2, 0.25) is 0 Å². The fourth-order valence-electron chi connectivity index (χ4n) is 1.67. The average molecular weight is 436 g/mol. The zero-order chi connectivity index (χ0) is 15.6. The third-order valence-electron chi connectivity index (χ3n) is 2.65. The van der Waals surface area contributed by atoms with Crippen molar-refractivity contribution in [3.63, 3.8) is 0 Å². The van der Waals surface area contributed by atoms with Gasteiger partial charge in [-0.2, -0.15) is 0 Å². The van der Waals surface area contributed by atoms with Crippen molar-refractivity contribution < 1.29 is 13.2 Å². The van der Waals surface area contributed by atoms with Gasteiger partial charge < -0.3 is 10.5 Å². The van der Waals surface area contributed by atoms with E-state index in [0.717, 1.165) is 0 Å². The molecule has 0 saturated carbocycles. The number of rotatable bonds is 4. The summed E-state index contributed by atoms with van der Waals surface area (Å²) in [6.07, 6.45) is 0. The molecule has 0 aliphatic heterocycles. The van der Waals surface area contributed by atoms with Gasteiger partial charge in [0.1, 0.15) is 10.6 Å². The van der Waals surface area contributed by atoms with Gasteiger partial charge >= 0.3 is 0 Å². The molecule has 0 unspecified atom stereocenters. The normalized spacial score (nSPS) is 11.2. The van der Waals surface area contributed by atoms with Crippen molar-refractivity contribution in [1.82, 2.24) is 0 Å². The maximum Gasteiger partial charge on any atom is 0.263 e. The standard InChI is InChI=1S/C13H12Br2N2O3S/c1-20-12-5-3-9(7-11(12)15)17-21(18,19)13-6-8(16)2-4-10(13)14/h2-7,17H,16H2,1H3. The van der Waals surface area contributed by atoms with Gasteiger partial charge in [0.25, 0.3) is 10.0 Å². The van der Waals surface area contributed by atoms with Crippen molar-refractivity contribution in [3.05, 3.63) is 45.3 Å². The molecule has 2 rings (SSSR count). The highest BCUT2D eigenvalue weighted by Gasteiger charge is 2.18. The van der Waals surface area contributed by atoms with Crippen molar-refractivity contribution in [3.8, 4) is 5.75 Å². The Labute approximate surface area is 139 Å². The summed E-state index contributed by atoms with van der Waals surface area (Å²) in [4.78, 5) is 0.0782. The molecule has 0 radical (unpaired) electrons. The minimum absolute atomic E-state index is 0.0782. The van der Waals surface area contributed by atoms with E-state index in [-0.39, 0.29) is 4.90 Å². The fourth-order valence-corrected chi connectivity index (χ4v) is 4.26. The van der Waals surface area contributed by atoms with E-state index >= 15 is 0 Å². The van der Waals surface area contributed by atoms with Crippen LogP contribution in [0.25, 0.3) is 0 Å². The van der Waals surface area contributed by atoms with Crippen LogP contribution in [0.5, 0.6) is 5.75 Å². The summed E-state index contributed by atoms with van der Waals surface area (Å²) in [5.74, 6) is 0.614. The Hall–Kier alpha value is -1.25. The van der Waals surface area contributed by atoms with E-state index in [2.05, 4.69) is 36.6 Å². The number of nitrogens with one attached hydrogen (secondary N) is 1. The van der Waals surface area contributed by atoms with Crippen LogP contribution in [-0.2, 0) is 10.0 Å². The van der Waals surface area contributed by atoms with E-state index in [1.807, 2.05) is 0 Å². The summed E-state index contributed by atoms with van der Waals surface area (Å²) in [6, 6.07) is 9.50. The fraction of sp³-hybridized carbons (Fsp3) is 0.0769. The first kappa shape index (κ1) is 16.1. The number of nitrogens with two attached hydrogens (primary N) is 1. The molecule has 2 aromatic carbocycles. The molecule has 0 fully saturated rings. The zero-order valence-electron chi connectivity index (χ0n) is 10.9. The summed E-state index contributed by atoms with van der Waals surface area (Å²) < 4.78 is 33.5. The molecule has 3 N–H and O–H groups in total. The van der Waals surface area contributed by atoms with Gasteiger partial charge in [0, 0.05) is 10.2 Å². The molecule has 0 aliphatic rings. The SMILES string of the molecule is COc1ccc(NS(=O)(=O)c2cc(N)ccc2Br)cc1Br. The molecule has 0 aliphatic carbocycles. The Morgan fingerprint density at radius 3 is 2.43 bits per heavy atom. The lowest BCUT2D eigenvalue weighted by Gasteiger charge is -2.11. The van der Waals surface area contributed by atoms with Crippen LogP contribution in [-0.4, -0.2) is 15.5 Å². The number of halogens is 2. The number of hydrogen-bond donors (Lipinski definition) is 2. The summed E-state index contributed by atoms with van der Waals surface area (Å²) in [5.41, 5.74) is 6.43. The minimum Gasteiger partial charge on any atom is -0.496 e. The molecule has 0 atom stereocenters. The zero-order valence-corrected chi connectivity index (χ0v) is 14.9. The molecular formula is C13H12Br2N2O3S. The highest BCUT2D eigenvalue weighted by Crippen LogP contribution is 2.30. The number of anilines is 2. The lowest BCUT2D eigenvalue weighted by molar-refractivity contribution is 0.412. The Morgan fingerprint density at radius 2 is 1.81 bits per heavy atom. The lowest BCUT2D eigenvalue weighted by Crippen LogP contribution is -2.14. The van der Waals surface area contributed by atoms with E-state index in [0.29, 0.717) is 26.1 Å². The summed E-state index contributed by atoms with van der Waals surface area (Å²) in [5, 5.41) is 0. The molecule has 0 spiro atoms. The van der Waals surface area contributed by atoms with Gasteiger partial charge in [0.15, 0.2) is 0 Å². The summed E-state index contributed by atoms with van der Waals surface area (Å²) in [6.45, 7) is 0. The second-order valence-electron chi connectivity index (χ2n) is 4.14. The van der Waals surface area contributed by atoms with Gasteiger partial charge in [-0.05, 0) is 68.3 Å². The first-order valence-corrected chi connectivity index (χ1v) is 8.82. The van der Waals surface area contributed by atoms with Gasteiger partial charge in [-0.1, -0.05) is 0 Å². The van der Waals surface area contributed by atoms with Gasteiger partial charge in [0.05, 0.1) is 17.3 Å². The Bertz CT molecular complexity index is 779. The van der Waals surface area contributed by atoms with Crippen molar-refractivity contribution in [1.29, 1.82) is 0 Å². The summed E-state index contributed by atoms with van der Waals surface area (Å²) >= 11 is 6.52. The second-order valence-corrected chi connectivity index (χ2v) is 7.50. The molecular weight excluding hydrogens is 424 g/mol. The molecule has 0 bridgehead atoms. The van der Waals surface area contributed by atoms with Gasteiger partial charge in [-0.3, -0.25) is 4.72 Å². The van der Waals surface area contributed by atoms with Crippen molar-refractivity contribution in [2.45, 2.75) is 4.90 Å². The Kier molecular flexibility index (Phi) is 4.80. The molecule has 5 nitrogen and oxygen atoms in total. The predicted molar refractivity (Wildman–Crippen MR) is 90.1 cm³/mol. The highest BCUT2D eigenvalue weighted by molar-refractivity contribution is 9.10. The van der Waals surface area contributed by atoms with Crippen LogP contribution in [0.3, 0.4) is 0 Å². The quantitative estimate of drug-likeness (QED) is 0.718. The van der Waals surface area contributed by atoms with Gasteiger partial charge in [0.2, 0.25) is 0 Å². The lowest BCUT2D eigenvalue weighted by atomic mass is 10.3. The maximum atomic E-state index is 12.4. The van der Waals surface area contributed by atoms with Gasteiger partial charge in [-0.15, -0.1) is 0 Å². The Balaban J connectivity index is 2.37. The second kappa shape index (κ2) is 6.25. The van der Waals surface area contributed by atoms with Crippen molar-refractivity contribution in [2.24, 2.45) is 0 Å². The monoisotopic (exact) mass is 434 g/mol. The number of benzene rings is 2. The smallest absolute Gasteiger partial charge is 0.263 e. The van der Waals surface area contributed by atoms with Gasteiger partial charge in [-0.25, -0.2) is 8.42 Å². The number of nitrogen functional groups attached to an aromatic ring is 1. The van der Waals surface area contributed by atoms with E-state index in [9.17, 15) is 8.42 Å². The van der Waals surface area contributed by atoms with Crippen LogP contribution in [0.1, 0.15) is 0 Å². The van der Waals surface area contributed by atoms with Crippen LogP contribution in [0.15, 0.2) is 50.2 Å². The molecule has 0 saturated heterocycles. The third-order valence-corrected chi connectivity index (χ3v) is 5.64. The van der Waals surface area contributed by atoms with Crippen molar-refractivity contribution >= 4 is 53.3 Å². The Morgan fingerprint density at radius 1 is 1.10 bits per heavy atom. The number of hydrogen-bond acceptors (Lipinski definition) is 4.